The summed E-state index contributed by atoms with van der Waals surface area (Å²) < 4.78 is 2.18. The molecule has 2 aromatic rings. The summed E-state index contributed by atoms with van der Waals surface area (Å²) in [7, 11) is 0. The summed E-state index contributed by atoms with van der Waals surface area (Å²) in [6, 6.07) is 10.5. The predicted octanol–water partition coefficient (Wildman–Crippen LogP) is 3.02. The number of aromatic nitrogens is 2. The molecule has 0 radical (unpaired) electrons. The van der Waals surface area contributed by atoms with Gasteiger partial charge in [0.05, 0.1) is 11.4 Å². The minimum Gasteiger partial charge on any atom is -0.311 e. The second kappa shape index (κ2) is 6.63. The summed E-state index contributed by atoms with van der Waals surface area (Å²) in [5.74, 6) is 0.547. The second-order valence-electron chi connectivity index (χ2n) is 6.62. The van der Waals surface area contributed by atoms with Crippen molar-refractivity contribution in [2.45, 2.75) is 38.4 Å². The molecule has 0 amide bonds. The molecule has 0 saturated carbocycles. The molecule has 4 rings (SSSR count). The predicted molar refractivity (Wildman–Crippen MR) is 92.6 cm³/mol. The van der Waals surface area contributed by atoms with Crippen molar-refractivity contribution in [1.82, 2.24) is 20.0 Å². The largest absolute Gasteiger partial charge is 0.311 e. The zero-order chi connectivity index (χ0) is 15.6. The maximum Gasteiger partial charge on any atom is 0.0768 e. The number of aryl methyl sites for hydroxylation is 1. The van der Waals surface area contributed by atoms with E-state index in [4.69, 9.17) is 16.7 Å². The van der Waals surface area contributed by atoms with Crippen LogP contribution in [0, 0.1) is 0 Å². The first-order valence-electron chi connectivity index (χ1n) is 8.53. The second-order valence-corrected chi connectivity index (χ2v) is 7.03. The molecule has 1 N–H and O–H groups in total. The highest BCUT2D eigenvalue weighted by Crippen LogP contribution is 2.32. The quantitative estimate of drug-likeness (QED) is 0.939. The van der Waals surface area contributed by atoms with Crippen LogP contribution in [0.3, 0.4) is 0 Å². The molecule has 2 aliphatic heterocycles. The third-order valence-corrected chi connectivity index (χ3v) is 5.29. The number of benzene rings is 1. The molecule has 3 heterocycles. The topological polar surface area (TPSA) is 33.1 Å². The van der Waals surface area contributed by atoms with Crippen LogP contribution < -0.4 is 5.32 Å². The normalized spacial score (nSPS) is 22.0. The average Bonchev–Trinajstić information content (AvgIpc) is 3.10. The number of hydrogen-bond acceptors (Lipinski definition) is 3. The highest BCUT2D eigenvalue weighted by molar-refractivity contribution is 6.31. The van der Waals surface area contributed by atoms with Crippen molar-refractivity contribution in [2.24, 2.45) is 0 Å². The van der Waals surface area contributed by atoms with Crippen molar-refractivity contribution in [1.29, 1.82) is 0 Å². The Kier molecular flexibility index (Phi) is 4.38. The van der Waals surface area contributed by atoms with Gasteiger partial charge in [0.25, 0.3) is 0 Å². The molecule has 122 valence electrons. The first kappa shape index (κ1) is 15.2. The Morgan fingerprint density at radius 1 is 1.26 bits per heavy atom. The molecule has 1 aromatic carbocycles. The number of fused-ring (bicyclic) bond motifs is 1. The zero-order valence-corrected chi connectivity index (χ0v) is 14.1. The maximum atomic E-state index is 6.36. The maximum absolute atomic E-state index is 6.36. The lowest BCUT2D eigenvalue weighted by atomic mass is 9.98. The summed E-state index contributed by atoms with van der Waals surface area (Å²) in [4.78, 5) is 2.50. The highest BCUT2D eigenvalue weighted by atomic mass is 35.5. The van der Waals surface area contributed by atoms with Gasteiger partial charge in [-0.1, -0.05) is 29.8 Å². The van der Waals surface area contributed by atoms with Gasteiger partial charge in [0.2, 0.25) is 0 Å². The Bertz CT molecular complexity index is 658. The highest BCUT2D eigenvalue weighted by Gasteiger charge is 2.26. The molecular weight excluding hydrogens is 308 g/mol. The molecular formula is C18H23ClN4. The molecule has 23 heavy (non-hydrogen) atoms. The standard InChI is InChI=1S/C18H23ClN4/c19-18-5-2-1-4-17(18)14-6-9-22(12-14)13-15-10-16-11-20-7-3-8-23(16)21-15/h1-2,4-5,10,14,20H,3,6-9,11-13H2. The third kappa shape index (κ3) is 3.30. The van der Waals surface area contributed by atoms with Gasteiger partial charge in [-0.15, -0.1) is 0 Å². The van der Waals surface area contributed by atoms with Crippen molar-refractivity contribution in [2.75, 3.05) is 19.6 Å². The van der Waals surface area contributed by atoms with E-state index in [1.54, 1.807) is 0 Å². The van der Waals surface area contributed by atoms with Crippen LogP contribution in [-0.4, -0.2) is 34.3 Å². The van der Waals surface area contributed by atoms with Gasteiger partial charge in [-0.25, -0.2) is 0 Å². The fourth-order valence-corrected chi connectivity index (χ4v) is 4.05. The van der Waals surface area contributed by atoms with Crippen LogP contribution in [0.1, 0.15) is 35.7 Å². The molecule has 1 atom stereocenters. The molecule has 0 bridgehead atoms. The Morgan fingerprint density at radius 3 is 3.09 bits per heavy atom. The van der Waals surface area contributed by atoms with Crippen molar-refractivity contribution >= 4 is 11.6 Å². The number of rotatable bonds is 3. The van der Waals surface area contributed by atoms with E-state index in [-0.39, 0.29) is 0 Å². The fourth-order valence-electron chi connectivity index (χ4n) is 3.76. The number of likely N-dealkylation sites (tertiary alicyclic amines) is 1. The van der Waals surface area contributed by atoms with Crippen LogP contribution in [0.4, 0.5) is 0 Å². The molecule has 5 heteroatoms. The van der Waals surface area contributed by atoms with Gasteiger partial charge in [0.15, 0.2) is 0 Å². The van der Waals surface area contributed by atoms with Crippen LogP contribution >= 0.6 is 11.6 Å². The molecule has 2 aliphatic rings. The molecule has 1 fully saturated rings. The van der Waals surface area contributed by atoms with Gasteiger partial charge >= 0.3 is 0 Å². The van der Waals surface area contributed by atoms with E-state index in [0.29, 0.717) is 5.92 Å². The lowest BCUT2D eigenvalue weighted by Crippen LogP contribution is -2.20. The smallest absolute Gasteiger partial charge is 0.0768 e. The molecule has 1 aromatic heterocycles. The SMILES string of the molecule is Clc1ccccc1C1CCN(Cc2cc3n(n2)CCCNC3)C1. The monoisotopic (exact) mass is 330 g/mol. The van der Waals surface area contributed by atoms with Crippen molar-refractivity contribution in [3.63, 3.8) is 0 Å². The lowest BCUT2D eigenvalue weighted by molar-refractivity contribution is 0.321. The van der Waals surface area contributed by atoms with E-state index >= 15 is 0 Å². The van der Waals surface area contributed by atoms with E-state index in [2.05, 4.69) is 33.1 Å². The third-order valence-electron chi connectivity index (χ3n) is 4.95. The molecule has 1 saturated heterocycles. The summed E-state index contributed by atoms with van der Waals surface area (Å²) in [5, 5.41) is 9.16. The van der Waals surface area contributed by atoms with Crippen LogP contribution in [0.15, 0.2) is 30.3 Å². The number of nitrogens with one attached hydrogen (secondary N) is 1. The summed E-state index contributed by atoms with van der Waals surface area (Å²) in [5.41, 5.74) is 3.81. The van der Waals surface area contributed by atoms with E-state index in [9.17, 15) is 0 Å². The van der Waals surface area contributed by atoms with Crippen molar-refractivity contribution < 1.29 is 0 Å². The first-order chi connectivity index (χ1) is 11.3. The first-order valence-corrected chi connectivity index (χ1v) is 8.90. The summed E-state index contributed by atoms with van der Waals surface area (Å²) >= 11 is 6.36. The van der Waals surface area contributed by atoms with E-state index in [1.165, 1.54) is 23.4 Å². The average molecular weight is 331 g/mol. The minimum atomic E-state index is 0.547. The van der Waals surface area contributed by atoms with Crippen LogP contribution in [-0.2, 0) is 19.6 Å². The summed E-state index contributed by atoms with van der Waals surface area (Å²) in [6.45, 7) is 6.20. The van der Waals surface area contributed by atoms with E-state index < -0.39 is 0 Å². The van der Waals surface area contributed by atoms with Gasteiger partial charge in [-0.3, -0.25) is 9.58 Å². The van der Waals surface area contributed by atoms with Gasteiger partial charge < -0.3 is 5.32 Å². The van der Waals surface area contributed by atoms with Gasteiger partial charge in [0.1, 0.15) is 0 Å². The van der Waals surface area contributed by atoms with Crippen LogP contribution in [0.2, 0.25) is 5.02 Å². The molecule has 4 nitrogen and oxygen atoms in total. The number of halogens is 1. The Labute approximate surface area is 142 Å². The van der Waals surface area contributed by atoms with E-state index in [0.717, 1.165) is 50.7 Å². The van der Waals surface area contributed by atoms with Gasteiger partial charge in [-0.2, -0.15) is 5.10 Å². The van der Waals surface area contributed by atoms with Crippen molar-refractivity contribution in [3.8, 4) is 0 Å². The van der Waals surface area contributed by atoms with Crippen molar-refractivity contribution in [3.05, 3.63) is 52.3 Å². The zero-order valence-electron chi connectivity index (χ0n) is 13.3. The Balaban J connectivity index is 1.42. The molecule has 0 spiro atoms. The number of nitrogens with zero attached hydrogens (tertiary/aromatic N) is 3. The van der Waals surface area contributed by atoms with Gasteiger partial charge in [-0.05, 0) is 49.5 Å². The molecule has 1 unspecified atom stereocenters. The molecule has 0 aliphatic carbocycles. The Morgan fingerprint density at radius 2 is 2.17 bits per heavy atom. The van der Waals surface area contributed by atoms with Gasteiger partial charge in [0, 0.05) is 31.2 Å². The minimum absolute atomic E-state index is 0.547. The summed E-state index contributed by atoms with van der Waals surface area (Å²) in [6.07, 6.45) is 2.34. The number of hydrogen-bond donors (Lipinski definition) is 1. The lowest BCUT2D eigenvalue weighted by Gasteiger charge is -2.15. The van der Waals surface area contributed by atoms with Crippen LogP contribution in [0.5, 0.6) is 0 Å². The van der Waals surface area contributed by atoms with E-state index in [1.807, 2.05) is 12.1 Å². The fraction of sp³-hybridized carbons (Fsp3) is 0.500. The van der Waals surface area contributed by atoms with Crippen LogP contribution in [0.25, 0.3) is 0 Å². The Hall–Kier alpha value is -1.36.